The van der Waals surface area contributed by atoms with Crippen molar-refractivity contribution in [3.05, 3.63) is 138 Å². The highest BCUT2D eigenvalue weighted by Crippen LogP contribution is 2.41. The summed E-state index contributed by atoms with van der Waals surface area (Å²) in [6.45, 7) is 2.25. The molecule has 1 heterocycles. The number of methoxy groups -OCH3 is 1. The third kappa shape index (κ3) is 7.38. The fraction of sp³-hybridized carbons (Fsp3) is 0.351. The van der Waals surface area contributed by atoms with Crippen LogP contribution in [-0.4, -0.2) is 56.3 Å². The number of likely N-dealkylation sites (N-methyl/N-ethyl adjacent to an activating group) is 1. The zero-order valence-electron chi connectivity index (χ0n) is 25.4. The highest BCUT2D eigenvalue weighted by atomic mass is 16.7. The quantitative estimate of drug-likeness (QED) is 0.182. The summed E-state index contributed by atoms with van der Waals surface area (Å²) in [4.78, 5) is 6.16. The van der Waals surface area contributed by atoms with Crippen LogP contribution in [0.1, 0.15) is 22.3 Å². The summed E-state index contributed by atoms with van der Waals surface area (Å²) in [6.07, 6.45) is -1.45. The number of nitrogens with zero attached hydrogens (tertiary/aromatic N) is 1. The van der Waals surface area contributed by atoms with E-state index in [0.717, 1.165) is 28.0 Å². The Kier molecular flexibility index (Phi) is 10.3. The lowest BCUT2D eigenvalue weighted by molar-refractivity contribution is -0.247. The SMILES string of the molecule is COc1ccc(COC2C(OCc3ccccc3)C(OCc3ccccc3)C(OCc3ccccc3)C3CON(C)C32)cc1. The predicted octanol–water partition coefficient (Wildman–Crippen LogP) is 6.21. The maximum Gasteiger partial charge on any atom is 0.118 e. The molecule has 2 fully saturated rings. The number of benzene rings is 4. The second kappa shape index (κ2) is 14.9. The number of hydroxylamine groups is 2. The van der Waals surface area contributed by atoms with Crippen LogP contribution in [0.3, 0.4) is 0 Å². The van der Waals surface area contributed by atoms with Gasteiger partial charge in [-0.05, 0) is 34.4 Å². The van der Waals surface area contributed by atoms with Gasteiger partial charge in [0.15, 0.2) is 0 Å². The van der Waals surface area contributed by atoms with Gasteiger partial charge >= 0.3 is 0 Å². The molecule has 6 unspecified atom stereocenters. The lowest BCUT2D eigenvalue weighted by Gasteiger charge is -2.48. The predicted molar refractivity (Wildman–Crippen MR) is 168 cm³/mol. The Bertz CT molecular complexity index is 1400. The van der Waals surface area contributed by atoms with E-state index in [1.165, 1.54) is 0 Å². The van der Waals surface area contributed by atoms with Gasteiger partial charge in [-0.2, -0.15) is 5.06 Å². The summed E-state index contributed by atoms with van der Waals surface area (Å²) in [6, 6.07) is 38.6. The van der Waals surface area contributed by atoms with Gasteiger partial charge in [0.2, 0.25) is 0 Å². The van der Waals surface area contributed by atoms with Crippen molar-refractivity contribution in [2.24, 2.45) is 5.92 Å². The molecule has 7 heteroatoms. The van der Waals surface area contributed by atoms with Crippen LogP contribution in [0.5, 0.6) is 5.75 Å². The molecule has 2 aliphatic rings. The first-order valence-electron chi connectivity index (χ1n) is 15.3. The molecule has 4 aromatic carbocycles. The van der Waals surface area contributed by atoms with Gasteiger partial charge in [0.05, 0.1) is 52.3 Å². The van der Waals surface area contributed by atoms with Gasteiger partial charge < -0.3 is 23.7 Å². The molecule has 0 radical (unpaired) electrons. The standard InChI is InChI=1S/C37H41NO6/c1-38-33-32(26-44-38)34(40-22-27-12-6-3-7-13-27)36(42-23-28-14-8-4-9-15-28)37(43-24-29-16-10-5-11-17-29)35(33)41-25-30-18-20-31(39-2)21-19-30/h3-21,32-37H,22-26H2,1-2H3. The summed E-state index contributed by atoms with van der Waals surface area (Å²) in [7, 11) is 3.65. The van der Waals surface area contributed by atoms with Crippen LogP contribution in [0.2, 0.25) is 0 Å². The molecule has 1 saturated heterocycles. The van der Waals surface area contributed by atoms with Gasteiger partial charge in [0.1, 0.15) is 24.1 Å². The van der Waals surface area contributed by atoms with Gasteiger partial charge in [-0.1, -0.05) is 103 Å². The van der Waals surface area contributed by atoms with Crippen LogP contribution in [0, 0.1) is 5.92 Å². The van der Waals surface area contributed by atoms with Gasteiger partial charge in [-0.15, -0.1) is 0 Å². The molecule has 1 aliphatic heterocycles. The Morgan fingerprint density at radius 3 is 1.43 bits per heavy atom. The minimum atomic E-state index is -0.427. The number of rotatable bonds is 13. The van der Waals surface area contributed by atoms with Crippen molar-refractivity contribution >= 4 is 0 Å². The van der Waals surface area contributed by atoms with E-state index in [4.69, 9.17) is 28.5 Å². The molecular formula is C37H41NO6. The summed E-state index contributed by atoms with van der Waals surface area (Å²) in [5.74, 6) is 0.828. The molecule has 0 bridgehead atoms. The monoisotopic (exact) mass is 595 g/mol. The molecule has 0 spiro atoms. The number of hydrogen-bond donors (Lipinski definition) is 0. The molecule has 6 rings (SSSR count). The van der Waals surface area contributed by atoms with E-state index < -0.39 is 12.2 Å². The second-order valence-corrected chi connectivity index (χ2v) is 11.4. The second-order valence-electron chi connectivity index (χ2n) is 11.4. The molecule has 7 nitrogen and oxygen atoms in total. The number of fused-ring (bicyclic) bond motifs is 1. The van der Waals surface area contributed by atoms with Crippen LogP contribution < -0.4 is 4.74 Å². The Morgan fingerprint density at radius 1 is 0.545 bits per heavy atom. The number of ether oxygens (including phenoxy) is 5. The number of hydrogen-bond acceptors (Lipinski definition) is 7. The Balaban J connectivity index is 1.32. The van der Waals surface area contributed by atoms with E-state index in [0.29, 0.717) is 33.0 Å². The van der Waals surface area contributed by atoms with Crippen molar-refractivity contribution in [1.82, 2.24) is 5.06 Å². The summed E-state index contributed by atoms with van der Waals surface area (Å²) in [5.41, 5.74) is 4.34. The van der Waals surface area contributed by atoms with Crippen molar-refractivity contribution in [1.29, 1.82) is 0 Å². The average molecular weight is 596 g/mol. The van der Waals surface area contributed by atoms with E-state index in [-0.39, 0.29) is 24.2 Å². The molecule has 230 valence electrons. The molecule has 0 aromatic heterocycles. The maximum absolute atomic E-state index is 6.81. The highest BCUT2D eigenvalue weighted by molar-refractivity contribution is 5.27. The van der Waals surface area contributed by atoms with E-state index in [1.54, 1.807) is 7.11 Å². The van der Waals surface area contributed by atoms with Crippen molar-refractivity contribution < 1.29 is 28.5 Å². The third-order valence-electron chi connectivity index (χ3n) is 8.52. The zero-order valence-corrected chi connectivity index (χ0v) is 25.4. The maximum atomic E-state index is 6.81. The molecule has 4 aromatic rings. The fourth-order valence-corrected chi connectivity index (χ4v) is 6.22. The van der Waals surface area contributed by atoms with Crippen LogP contribution in [0.25, 0.3) is 0 Å². The summed E-state index contributed by atoms with van der Waals surface area (Å²) >= 11 is 0. The van der Waals surface area contributed by atoms with E-state index in [9.17, 15) is 0 Å². The molecule has 6 atom stereocenters. The van der Waals surface area contributed by atoms with Crippen LogP contribution in [0.15, 0.2) is 115 Å². The van der Waals surface area contributed by atoms with Crippen LogP contribution in [-0.2, 0) is 50.2 Å². The molecular weight excluding hydrogens is 554 g/mol. The fourth-order valence-electron chi connectivity index (χ4n) is 6.22. The Hall–Kier alpha value is -3.56. The molecule has 1 aliphatic carbocycles. The van der Waals surface area contributed by atoms with Gasteiger partial charge in [0.25, 0.3) is 0 Å². The third-order valence-corrected chi connectivity index (χ3v) is 8.52. The molecule has 0 N–H and O–H groups in total. The largest absolute Gasteiger partial charge is 0.497 e. The molecule has 0 amide bonds. The summed E-state index contributed by atoms with van der Waals surface area (Å²) in [5, 5.41) is 1.93. The van der Waals surface area contributed by atoms with E-state index in [1.807, 2.05) is 91.0 Å². The normalized spacial score (nSPS) is 25.0. The summed E-state index contributed by atoms with van der Waals surface area (Å²) < 4.78 is 32.5. The van der Waals surface area contributed by atoms with E-state index >= 15 is 0 Å². The Labute approximate surface area is 260 Å². The van der Waals surface area contributed by atoms with Gasteiger partial charge in [0, 0.05) is 13.0 Å². The van der Waals surface area contributed by atoms with E-state index in [2.05, 4.69) is 36.4 Å². The average Bonchev–Trinajstić information content (AvgIpc) is 3.47. The molecule has 44 heavy (non-hydrogen) atoms. The zero-order chi connectivity index (χ0) is 30.1. The van der Waals surface area contributed by atoms with Gasteiger partial charge in [-0.3, -0.25) is 4.84 Å². The van der Waals surface area contributed by atoms with Gasteiger partial charge in [-0.25, -0.2) is 0 Å². The first-order chi connectivity index (χ1) is 21.7. The minimum Gasteiger partial charge on any atom is -0.497 e. The van der Waals surface area contributed by atoms with Crippen molar-refractivity contribution in [3.8, 4) is 5.75 Å². The smallest absolute Gasteiger partial charge is 0.118 e. The highest BCUT2D eigenvalue weighted by Gasteiger charge is 2.57. The lowest BCUT2D eigenvalue weighted by atomic mass is 9.77. The van der Waals surface area contributed by atoms with Crippen molar-refractivity contribution in [3.63, 3.8) is 0 Å². The molecule has 1 saturated carbocycles. The van der Waals surface area contributed by atoms with Crippen LogP contribution in [0.4, 0.5) is 0 Å². The minimum absolute atomic E-state index is 0.0157. The van der Waals surface area contributed by atoms with Crippen molar-refractivity contribution in [2.45, 2.75) is 56.9 Å². The first-order valence-corrected chi connectivity index (χ1v) is 15.3. The Morgan fingerprint density at radius 2 is 0.955 bits per heavy atom. The van der Waals surface area contributed by atoms with Crippen molar-refractivity contribution in [2.75, 3.05) is 20.8 Å². The van der Waals surface area contributed by atoms with Crippen LogP contribution >= 0.6 is 0 Å². The first kappa shape index (κ1) is 30.5. The topological polar surface area (TPSA) is 58.6 Å². The lowest BCUT2D eigenvalue weighted by Crippen LogP contribution is -2.65.